The summed E-state index contributed by atoms with van der Waals surface area (Å²) in [7, 11) is 2.81. The molecule has 0 radical (unpaired) electrons. The van der Waals surface area contributed by atoms with Gasteiger partial charge in [-0.2, -0.15) is 10.2 Å². The second-order valence-electron chi connectivity index (χ2n) is 7.75. The van der Waals surface area contributed by atoms with Crippen LogP contribution in [0.4, 0.5) is 16.2 Å². The topological polar surface area (TPSA) is 197 Å². The van der Waals surface area contributed by atoms with Crippen LogP contribution in [0.1, 0.15) is 11.5 Å². The highest BCUT2D eigenvalue weighted by atomic mass is 16.6. The molecule has 0 bridgehead atoms. The van der Waals surface area contributed by atoms with E-state index in [0.29, 0.717) is 11.5 Å². The van der Waals surface area contributed by atoms with E-state index in [9.17, 15) is 25.0 Å². The maximum absolute atomic E-state index is 12.0. The van der Waals surface area contributed by atoms with Crippen LogP contribution < -0.4 is 20.3 Å². The van der Waals surface area contributed by atoms with Gasteiger partial charge in [0, 0.05) is 0 Å². The number of nitrogens with zero attached hydrogens (tertiary/aromatic N) is 4. The summed E-state index contributed by atoms with van der Waals surface area (Å²) in [5.74, 6) is 1.55. The summed E-state index contributed by atoms with van der Waals surface area (Å²) >= 11 is 0. The Hall–Kier alpha value is -5.99. The third-order valence-corrected chi connectivity index (χ3v) is 5.30. The Kier molecular flexibility index (Phi) is 8.14. The van der Waals surface area contributed by atoms with Crippen LogP contribution in [0.15, 0.2) is 79.7 Å². The van der Waals surface area contributed by atoms with Gasteiger partial charge in [0.1, 0.15) is 34.5 Å². The minimum atomic E-state index is -0.789. The molecule has 0 saturated heterocycles. The van der Waals surface area contributed by atoms with Gasteiger partial charge in [-0.1, -0.05) is 0 Å². The molecule has 15 heteroatoms. The number of furan rings is 2. The van der Waals surface area contributed by atoms with Crippen LogP contribution in [0.25, 0.3) is 22.6 Å². The number of nitro benzene ring substituents is 2. The van der Waals surface area contributed by atoms with Gasteiger partial charge in [-0.25, -0.2) is 15.6 Å². The summed E-state index contributed by atoms with van der Waals surface area (Å²) in [5.41, 5.74) is 4.45. The molecule has 204 valence electrons. The van der Waals surface area contributed by atoms with Crippen molar-refractivity contribution >= 4 is 29.8 Å². The van der Waals surface area contributed by atoms with Crippen molar-refractivity contribution in [3.05, 3.63) is 92.4 Å². The predicted octanol–water partition coefficient (Wildman–Crippen LogP) is 4.71. The van der Waals surface area contributed by atoms with Gasteiger partial charge in [0.25, 0.3) is 11.4 Å². The van der Waals surface area contributed by atoms with Crippen LogP contribution >= 0.6 is 0 Å². The molecule has 0 aliphatic rings. The van der Waals surface area contributed by atoms with Gasteiger partial charge in [0.2, 0.25) is 0 Å². The van der Waals surface area contributed by atoms with Crippen molar-refractivity contribution in [2.24, 2.45) is 10.2 Å². The van der Waals surface area contributed by atoms with Gasteiger partial charge in [-0.05, 0) is 48.5 Å². The molecule has 2 aromatic heterocycles. The summed E-state index contributed by atoms with van der Waals surface area (Å²) < 4.78 is 21.2. The highest BCUT2D eigenvalue weighted by Gasteiger charge is 2.20. The number of nitrogens with one attached hydrogen (secondary N) is 2. The molecule has 0 fully saturated rings. The van der Waals surface area contributed by atoms with Crippen molar-refractivity contribution in [3.8, 4) is 34.1 Å². The number of amides is 2. The van der Waals surface area contributed by atoms with Crippen LogP contribution in [0, 0.1) is 20.2 Å². The van der Waals surface area contributed by atoms with Crippen molar-refractivity contribution < 1.29 is 32.9 Å². The predicted molar refractivity (Wildman–Crippen MR) is 142 cm³/mol. The number of hydrogen-bond donors (Lipinski definition) is 2. The van der Waals surface area contributed by atoms with Crippen LogP contribution in [0.5, 0.6) is 11.5 Å². The minimum Gasteiger partial charge on any atom is -0.497 e. The number of hydrogen-bond acceptors (Lipinski definition) is 11. The fourth-order valence-corrected chi connectivity index (χ4v) is 3.46. The van der Waals surface area contributed by atoms with E-state index in [2.05, 4.69) is 21.1 Å². The number of rotatable bonds is 10. The van der Waals surface area contributed by atoms with Crippen molar-refractivity contribution in [2.75, 3.05) is 14.2 Å². The number of methoxy groups -OCH3 is 2. The third-order valence-electron chi connectivity index (χ3n) is 5.30. The molecule has 15 nitrogen and oxygen atoms in total. The number of urea groups is 1. The molecule has 0 saturated carbocycles. The molecule has 2 aromatic carbocycles. The van der Waals surface area contributed by atoms with Gasteiger partial charge in [0.15, 0.2) is 0 Å². The number of ether oxygens (including phenoxy) is 2. The summed E-state index contributed by atoms with van der Waals surface area (Å²) in [6.07, 6.45) is 2.39. The Morgan fingerprint density at radius 3 is 1.55 bits per heavy atom. The van der Waals surface area contributed by atoms with E-state index in [1.165, 1.54) is 75.2 Å². The normalized spacial score (nSPS) is 11.1. The molecule has 4 aromatic rings. The smallest absolute Gasteiger partial charge is 0.355 e. The zero-order valence-corrected chi connectivity index (χ0v) is 20.9. The minimum absolute atomic E-state index is 0.196. The molecule has 2 N–H and O–H groups in total. The lowest BCUT2D eigenvalue weighted by Crippen LogP contribution is -2.28. The van der Waals surface area contributed by atoms with E-state index in [1.807, 2.05) is 0 Å². The number of benzene rings is 2. The fourth-order valence-electron chi connectivity index (χ4n) is 3.46. The third kappa shape index (κ3) is 6.28. The highest BCUT2D eigenvalue weighted by molar-refractivity contribution is 5.83. The standard InChI is InChI=1S/C25H20N6O9/c1-37-15-3-7-19(21(11-15)30(33)34)23-9-5-17(39-23)13-26-28-25(32)29-27-14-18-6-10-24(40-18)20-8-4-16(38-2)12-22(20)31(35)36/h3-14H,1-2H3,(H2,28,29,32)/b26-13+,27-14?. The highest BCUT2D eigenvalue weighted by Crippen LogP contribution is 2.35. The Labute approximate surface area is 225 Å². The van der Waals surface area contributed by atoms with Gasteiger partial charge in [-0.3, -0.25) is 20.2 Å². The van der Waals surface area contributed by atoms with Gasteiger partial charge < -0.3 is 18.3 Å². The van der Waals surface area contributed by atoms with Crippen molar-refractivity contribution in [3.63, 3.8) is 0 Å². The molecule has 0 aliphatic heterocycles. The van der Waals surface area contributed by atoms with Crippen molar-refractivity contribution in [2.45, 2.75) is 0 Å². The number of hydrazone groups is 2. The molecule has 40 heavy (non-hydrogen) atoms. The zero-order valence-electron chi connectivity index (χ0n) is 20.9. The Bertz CT molecular complexity index is 1500. The molecule has 0 unspecified atom stereocenters. The maximum Gasteiger partial charge on any atom is 0.355 e. The Morgan fingerprint density at radius 1 is 0.750 bits per heavy atom. The van der Waals surface area contributed by atoms with E-state index in [4.69, 9.17) is 18.3 Å². The van der Waals surface area contributed by atoms with Gasteiger partial charge >= 0.3 is 6.03 Å². The van der Waals surface area contributed by atoms with Crippen molar-refractivity contribution in [1.29, 1.82) is 0 Å². The lowest BCUT2D eigenvalue weighted by Gasteiger charge is -2.03. The lowest BCUT2D eigenvalue weighted by molar-refractivity contribution is -0.384. The van der Waals surface area contributed by atoms with Crippen LogP contribution in [-0.2, 0) is 0 Å². The summed E-state index contributed by atoms with van der Waals surface area (Å²) in [5, 5.41) is 30.3. The first-order valence-corrected chi connectivity index (χ1v) is 11.3. The second-order valence-corrected chi connectivity index (χ2v) is 7.75. The zero-order chi connectivity index (χ0) is 28.6. The van der Waals surface area contributed by atoms with E-state index in [1.54, 1.807) is 12.1 Å². The SMILES string of the molecule is COc1ccc(-c2ccc(C=NNC(=O)N/N=C/c3ccc(-c4ccc(OC)cc4[N+](=O)[O-])o3)o2)c([N+](=O)[O-])c1. The Balaban J connectivity index is 1.34. The first kappa shape index (κ1) is 27.1. The van der Waals surface area contributed by atoms with Gasteiger partial charge in [0.05, 0.1) is 59.8 Å². The first-order valence-electron chi connectivity index (χ1n) is 11.3. The molecule has 2 heterocycles. The summed E-state index contributed by atoms with van der Waals surface area (Å²) in [4.78, 5) is 33.7. The molecule has 0 atom stereocenters. The second kappa shape index (κ2) is 12.0. The van der Waals surface area contributed by atoms with E-state index >= 15 is 0 Å². The Morgan fingerprint density at radius 2 is 1.18 bits per heavy atom. The van der Waals surface area contributed by atoms with Crippen molar-refractivity contribution in [1.82, 2.24) is 10.9 Å². The largest absolute Gasteiger partial charge is 0.497 e. The van der Waals surface area contributed by atoms with E-state index in [0.717, 1.165) is 0 Å². The maximum atomic E-state index is 12.0. The molecule has 2 amide bonds. The molecular formula is C25H20N6O9. The monoisotopic (exact) mass is 548 g/mol. The average Bonchev–Trinajstić information content (AvgIpc) is 3.62. The summed E-state index contributed by atoms with van der Waals surface area (Å²) in [6, 6.07) is 14.0. The number of carbonyl (C=O) groups is 1. The quantitative estimate of drug-likeness (QED) is 0.160. The summed E-state index contributed by atoms with van der Waals surface area (Å²) in [6.45, 7) is 0. The number of carbonyl (C=O) groups excluding carboxylic acids is 1. The van der Waals surface area contributed by atoms with Gasteiger partial charge in [-0.15, -0.1) is 0 Å². The molecule has 0 spiro atoms. The molecule has 4 rings (SSSR count). The average molecular weight is 548 g/mol. The molecule has 0 aliphatic carbocycles. The van der Waals surface area contributed by atoms with Crippen LogP contribution in [0.2, 0.25) is 0 Å². The lowest BCUT2D eigenvalue weighted by atomic mass is 10.1. The van der Waals surface area contributed by atoms with E-state index < -0.39 is 15.9 Å². The van der Waals surface area contributed by atoms with E-state index in [-0.39, 0.29) is 45.5 Å². The molecular weight excluding hydrogens is 528 g/mol. The first-order chi connectivity index (χ1) is 19.3. The fraction of sp³-hybridized carbons (Fsp3) is 0.0800. The van der Waals surface area contributed by atoms with Crippen LogP contribution in [0.3, 0.4) is 0 Å². The van der Waals surface area contributed by atoms with Crippen LogP contribution in [-0.4, -0.2) is 42.5 Å². The number of nitro groups is 2.